The minimum absolute atomic E-state index is 0.00391. The highest BCUT2D eigenvalue weighted by Crippen LogP contribution is 2.32. The number of ether oxygens (including phenoxy) is 1. The van der Waals surface area contributed by atoms with Gasteiger partial charge in [-0.15, -0.1) is 0 Å². The summed E-state index contributed by atoms with van der Waals surface area (Å²) < 4.78 is 32.7. The number of fused-ring (bicyclic) bond motifs is 1. The number of nitrogen functional groups attached to an aromatic ring is 1. The quantitative estimate of drug-likeness (QED) is 0.519. The zero-order valence-corrected chi connectivity index (χ0v) is 11.0. The number of hydrogen-bond acceptors (Lipinski definition) is 4. The summed E-state index contributed by atoms with van der Waals surface area (Å²) in [6, 6.07) is 2.54. The molecular formula is C11H10BrF2N3O. The highest BCUT2D eigenvalue weighted by Gasteiger charge is 2.16. The van der Waals surface area contributed by atoms with Crippen molar-refractivity contribution in [3.63, 3.8) is 0 Å². The van der Waals surface area contributed by atoms with Gasteiger partial charge < -0.3 is 10.2 Å². The predicted octanol–water partition coefficient (Wildman–Crippen LogP) is 2.71. The number of nitrogens with one attached hydrogen (secondary N) is 1. The summed E-state index contributed by atoms with van der Waals surface area (Å²) in [6.07, 6.45) is 0. The van der Waals surface area contributed by atoms with Gasteiger partial charge in [-0.25, -0.2) is 13.8 Å². The minimum atomic E-state index is -0.632. The molecule has 0 spiro atoms. The third-order valence-electron chi connectivity index (χ3n) is 2.43. The maximum absolute atomic E-state index is 14.0. The van der Waals surface area contributed by atoms with Crippen molar-refractivity contribution in [1.82, 2.24) is 4.98 Å². The molecule has 1 aromatic carbocycles. The molecule has 1 heterocycles. The molecule has 0 atom stereocenters. The van der Waals surface area contributed by atoms with E-state index >= 15 is 0 Å². The Morgan fingerprint density at radius 2 is 2.17 bits per heavy atom. The third-order valence-corrected chi connectivity index (χ3v) is 3.01. The average Bonchev–Trinajstić information content (AvgIpc) is 2.35. The molecule has 0 aliphatic carbocycles. The summed E-state index contributed by atoms with van der Waals surface area (Å²) in [4.78, 5) is 4.02. The van der Waals surface area contributed by atoms with Crippen LogP contribution in [0.25, 0.3) is 10.9 Å². The number of halogens is 3. The van der Waals surface area contributed by atoms with Crippen LogP contribution in [0.5, 0.6) is 0 Å². The lowest BCUT2D eigenvalue weighted by Crippen LogP contribution is -2.10. The van der Waals surface area contributed by atoms with Gasteiger partial charge in [-0.3, -0.25) is 5.84 Å². The number of hydrazine groups is 1. The molecule has 7 heteroatoms. The summed E-state index contributed by atoms with van der Waals surface area (Å²) >= 11 is 2.94. The van der Waals surface area contributed by atoms with E-state index in [1.165, 1.54) is 13.2 Å². The smallest absolute Gasteiger partial charge is 0.150 e. The van der Waals surface area contributed by atoms with Crippen molar-refractivity contribution in [2.24, 2.45) is 5.84 Å². The Labute approximate surface area is 110 Å². The molecule has 0 saturated heterocycles. The second-order valence-corrected chi connectivity index (χ2v) is 4.47. The zero-order valence-electron chi connectivity index (χ0n) is 9.43. The predicted molar refractivity (Wildman–Crippen MR) is 67.9 cm³/mol. The van der Waals surface area contributed by atoms with Gasteiger partial charge in [-0.05, 0) is 28.1 Å². The van der Waals surface area contributed by atoms with Crippen LogP contribution in [0.1, 0.15) is 5.69 Å². The molecule has 4 nitrogen and oxygen atoms in total. The van der Waals surface area contributed by atoms with Gasteiger partial charge in [0.1, 0.15) is 11.3 Å². The molecule has 0 aliphatic heterocycles. The highest BCUT2D eigenvalue weighted by molar-refractivity contribution is 9.10. The van der Waals surface area contributed by atoms with Crippen LogP contribution in [0.2, 0.25) is 0 Å². The van der Waals surface area contributed by atoms with E-state index in [-0.39, 0.29) is 27.7 Å². The van der Waals surface area contributed by atoms with Crippen molar-refractivity contribution in [3.8, 4) is 0 Å². The molecule has 0 amide bonds. The average molecular weight is 318 g/mol. The van der Waals surface area contributed by atoms with E-state index in [0.717, 1.165) is 6.07 Å². The molecule has 3 N–H and O–H groups in total. The molecule has 0 aliphatic rings. The number of aromatic nitrogens is 1. The van der Waals surface area contributed by atoms with E-state index in [9.17, 15) is 8.78 Å². The van der Waals surface area contributed by atoms with Crippen LogP contribution in [-0.4, -0.2) is 12.1 Å². The lowest BCUT2D eigenvalue weighted by atomic mass is 10.1. The maximum atomic E-state index is 14.0. The van der Waals surface area contributed by atoms with Crippen LogP contribution in [0.15, 0.2) is 16.6 Å². The molecule has 0 saturated carbocycles. The van der Waals surface area contributed by atoms with Gasteiger partial charge in [0.15, 0.2) is 5.82 Å². The molecule has 0 bridgehead atoms. The van der Waals surface area contributed by atoms with Crippen LogP contribution in [0.3, 0.4) is 0 Å². The number of methoxy groups -OCH3 is 1. The number of nitrogens with two attached hydrogens (primary N) is 1. The van der Waals surface area contributed by atoms with Crippen LogP contribution in [-0.2, 0) is 11.3 Å². The van der Waals surface area contributed by atoms with E-state index < -0.39 is 11.6 Å². The first kappa shape index (κ1) is 13.1. The molecule has 0 fully saturated rings. The Hall–Kier alpha value is -1.31. The van der Waals surface area contributed by atoms with Gasteiger partial charge in [-0.1, -0.05) is 0 Å². The SMILES string of the molecule is COCc1cc(NN)c2c(F)c(Br)cc(F)c2n1. The van der Waals surface area contributed by atoms with Crippen LogP contribution >= 0.6 is 15.9 Å². The number of pyridine rings is 1. The van der Waals surface area contributed by atoms with Crippen molar-refractivity contribution < 1.29 is 13.5 Å². The van der Waals surface area contributed by atoms with Crippen molar-refractivity contribution in [1.29, 1.82) is 0 Å². The van der Waals surface area contributed by atoms with E-state index in [1.54, 1.807) is 0 Å². The first-order valence-electron chi connectivity index (χ1n) is 5.01. The van der Waals surface area contributed by atoms with Gasteiger partial charge in [0.25, 0.3) is 0 Å². The maximum Gasteiger partial charge on any atom is 0.150 e. The highest BCUT2D eigenvalue weighted by atomic mass is 79.9. The minimum Gasteiger partial charge on any atom is -0.378 e. The van der Waals surface area contributed by atoms with Crippen molar-refractivity contribution in [2.75, 3.05) is 12.5 Å². The first-order valence-corrected chi connectivity index (χ1v) is 5.80. The lowest BCUT2D eigenvalue weighted by molar-refractivity contribution is 0.182. The third kappa shape index (κ3) is 2.16. The summed E-state index contributed by atoms with van der Waals surface area (Å²) in [5, 5.41) is 0.00391. The fraction of sp³-hybridized carbons (Fsp3) is 0.182. The van der Waals surface area contributed by atoms with Gasteiger partial charge in [0, 0.05) is 7.11 Å². The van der Waals surface area contributed by atoms with Crippen molar-refractivity contribution >= 4 is 32.5 Å². The Balaban J connectivity index is 2.82. The van der Waals surface area contributed by atoms with Crippen LogP contribution < -0.4 is 11.3 Å². The molecular weight excluding hydrogens is 308 g/mol. The fourth-order valence-corrected chi connectivity index (χ4v) is 2.09. The van der Waals surface area contributed by atoms with Gasteiger partial charge in [0.2, 0.25) is 0 Å². The summed E-state index contributed by atoms with van der Waals surface area (Å²) in [7, 11) is 1.49. The number of rotatable bonds is 3. The number of anilines is 1. The summed E-state index contributed by atoms with van der Waals surface area (Å²) in [5.74, 6) is 4.08. The Morgan fingerprint density at radius 1 is 1.44 bits per heavy atom. The molecule has 2 rings (SSSR count). The van der Waals surface area contributed by atoms with Gasteiger partial charge in [0.05, 0.1) is 27.8 Å². The zero-order chi connectivity index (χ0) is 13.3. The van der Waals surface area contributed by atoms with Gasteiger partial charge >= 0.3 is 0 Å². The summed E-state index contributed by atoms with van der Waals surface area (Å²) in [5.41, 5.74) is 2.97. The lowest BCUT2D eigenvalue weighted by Gasteiger charge is -2.11. The molecule has 1 aromatic heterocycles. The monoisotopic (exact) mass is 317 g/mol. The van der Waals surface area contributed by atoms with Crippen LogP contribution in [0.4, 0.5) is 14.5 Å². The Morgan fingerprint density at radius 3 is 2.78 bits per heavy atom. The second-order valence-electron chi connectivity index (χ2n) is 3.62. The number of benzene rings is 1. The normalized spacial score (nSPS) is 10.9. The molecule has 18 heavy (non-hydrogen) atoms. The standard InChI is InChI=1S/C11H10BrF2N3O/c1-18-4-5-2-8(17-15)9-10(14)6(12)3-7(13)11(9)16-5/h2-3H,4,15H2,1H3,(H,16,17). The first-order chi connectivity index (χ1) is 8.58. The summed E-state index contributed by atoms with van der Waals surface area (Å²) in [6.45, 7) is 0.182. The molecule has 0 unspecified atom stereocenters. The number of hydrogen-bond donors (Lipinski definition) is 2. The molecule has 2 aromatic rings. The fourth-order valence-electron chi connectivity index (χ4n) is 1.69. The largest absolute Gasteiger partial charge is 0.378 e. The van der Waals surface area contributed by atoms with Crippen molar-refractivity contribution in [3.05, 3.63) is 33.9 Å². The van der Waals surface area contributed by atoms with E-state index in [0.29, 0.717) is 5.69 Å². The molecule has 96 valence electrons. The number of nitrogens with zero attached hydrogens (tertiary/aromatic N) is 1. The van der Waals surface area contributed by atoms with E-state index in [4.69, 9.17) is 10.6 Å². The Kier molecular flexibility index (Phi) is 3.74. The topological polar surface area (TPSA) is 60.2 Å². The van der Waals surface area contributed by atoms with E-state index in [2.05, 4.69) is 26.3 Å². The van der Waals surface area contributed by atoms with Gasteiger partial charge in [-0.2, -0.15) is 0 Å². The van der Waals surface area contributed by atoms with Crippen LogP contribution in [0, 0.1) is 11.6 Å². The molecule has 0 radical (unpaired) electrons. The van der Waals surface area contributed by atoms with E-state index in [1.807, 2.05) is 0 Å². The second kappa shape index (κ2) is 5.13. The Bertz CT molecular complexity index is 607. The van der Waals surface area contributed by atoms with Crippen molar-refractivity contribution in [2.45, 2.75) is 6.61 Å².